The van der Waals surface area contributed by atoms with E-state index in [0.29, 0.717) is 33.5 Å². The van der Waals surface area contributed by atoms with Gasteiger partial charge in [-0.3, -0.25) is 14.4 Å². The average molecular weight is 701 g/mol. The van der Waals surface area contributed by atoms with Gasteiger partial charge in [-0.2, -0.15) is 0 Å². The molecule has 0 radical (unpaired) electrons. The molecule has 4 aromatic carbocycles. The van der Waals surface area contributed by atoms with Crippen LogP contribution in [0.5, 0.6) is 0 Å². The maximum atomic E-state index is 13.4. The molecule has 0 aliphatic carbocycles. The van der Waals surface area contributed by atoms with Crippen molar-refractivity contribution in [1.29, 1.82) is 0 Å². The van der Waals surface area contributed by atoms with E-state index in [0.717, 1.165) is 20.5 Å². The van der Waals surface area contributed by atoms with Gasteiger partial charge in [-0.05, 0) is 85.3 Å². The van der Waals surface area contributed by atoms with E-state index in [1.54, 1.807) is 78.9 Å². The van der Waals surface area contributed by atoms with Crippen molar-refractivity contribution in [1.82, 2.24) is 5.32 Å². The number of amides is 3. The Morgan fingerprint density at radius 1 is 0.867 bits per heavy atom. The fraction of sp³-hybridized carbons (Fsp3) is 0.0571. The highest BCUT2D eigenvalue weighted by Crippen LogP contribution is 2.26. The Balaban J connectivity index is 1.26. The number of thioether (sulfide) groups is 1. The summed E-state index contributed by atoms with van der Waals surface area (Å²) in [6.07, 6.45) is 1.49. The number of hydrogen-bond acceptors (Lipinski definition) is 5. The molecule has 0 saturated carbocycles. The van der Waals surface area contributed by atoms with Crippen molar-refractivity contribution in [3.63, 3.8) is 0 Å². The molecule has 5 aromatic rings. The van der Waals surface area contributed by atoms with E-state index < -0.39 is 11.8 Å². The molecule has 0 atom stereocenters. The number of benzene rings is 4. The van der Waals surface area contributed by atoms with E-state index in [9.17, 15) is 14.4 Å². The third-order valence-corrected chi connectivity index (χ3v) is 8.30. The van der Waals surface area contributed by atoms with E-state index in [1.165, 1.54) is 17.8 Å². The second kappa shape index (κ2) is 14.9. The van der Waals surface area contributed by atoms with Gasteiger partial charge >= 0.3 is 0 Å². The number of carbonyl (C=O) groups is 3. The molecular formula is C35H27BrClN3O4S. The Morgan fingerprint density at radius 2 is 1.60 bits per heavy atom. The minimum atomic E-state index is -0.530. The lowest BCUT2D eigenvalue weighted by molar-refractivity contribution is -0.114. The Morgan fingerprint density at radius 3 is 2.33 bits per heavy atom. The first-order chi connectivity index (χ1) is 21.7. The zero-order chi connectivity index (χ0) is 31.8. The van der Waals surface area contributed by atoms with Crippen LogP contribution < -0.4 is 16.0 Å². The van der Waals surface area contributed by atoms with Crippen molar-refractivity contribution in [3.05, 3.63) is 141 Å². The molecule has 0 fully saturated rings. The van der Waals surface area contributed by atoms with Gasteiger partial charge in [0, 0.05) is 43.0 Å². The summed E-state index contributed by atoms with van der Waals surface area (Å²) in [5, 5.41) is 8.98. The van der Waals surface area contributed by atoms with E-state index in [2.05, 4.69) is 31.9 Å². The van der Waals surface area contributed by atoms with E-state index in [-0.39, 0.29) is 17.4 Å². The molecule has 1 aromatic heterocycles. The lowest BCUT2D eigenvalue weighted by Gasteiger charge is -2.11. The van der Waals surface area contributed by atoms with Gasteiger partial charge in [-0.25, -0.2) is 0 Å². The van der Waals surface area contributed by atoms with Crippen molar-refractivity contribution in [2.24, 2.45) is 0 Å². The second-order valence-corrected chi connectivity index (χ2v) is 12.3. The van der Waals surface area contributed by atoms with Crippen LogP contribution in [0.3, 0.4) is 0 Å². The normalized spacial score (nSPS) is 11.1. The van der Waals surface area contributed by atoms with Crippen molar-refractivity contribution in [2.45, 2.75) is 11.8 Å². The van der Waals surface area contributed by atoms with Crippen molar-refractivity contribution in [2.75, 3.05) is 16.4 Å². The summed E-state index contributed by atoms with van der Waals surface area (Å²) in [4.78, 5) is 39.7. The predicted molar refractivity (Wildman–Crippen MR) is 184 cm³/mol. The van der Waals surface area contributed by atoms with Crippen LogP contribution in [-0.4, -0.2) is 23.5 Å². The number of rotatable bonds is 10. The van der Waals surface area contributed by atoms with Crippen LogP contribution in [0.15, 0.2) is 129 Å². The smallest absolute Gasteiger partial charge is 0.272 e. The SMILES string of the molecule is Cc1ccc(Cl)cc1NC(=O)CSc1ccc(NC(=O)C(=Cc2ccc(-c3ccc(Br)cc3)o2)NC(=O)c2ccccc2)cc1. The topological polar surface area (TPSA) is 100 Å². The molecule has 7 nitrogen and oxygen atoms in total. The predicted octanol–water partition coefficient (Wildman–Crippen LogP) is 8.81. The van der Waals surface area contributed by atoms with Crippen molar-refractivity contribution >= 4 is 74.5 Å². The number of halogens is 2. The van der Waals surface area contributed by atoms with E-state index >= 15 is 0 Å². The maximum absolute atomic E-state index is 13.4. The lowest BCUT2D eigenvalue weighted by Crippen LogP contribution is -2.30. The van der Waals surface area contributed by atoms with Crippen LogP contribution in [0.4, 0.5) is 11.4 Å². The highest BCUT2D eigenvalue weighted by Gasteiger charge is 2.17. The summed E-state index contributed by atoms with van der Waals surface area (Å²) < 4.78 is 6.92. The van der Waals surface area contributed by atoms with Crippen LogP contribution in [0.1, 0.15) is 21.7 Å². The lowest BCUT2D eigenvalue weighted by atomic mass is 10.2. The second-order valence-electron chi connectivity index (χ2n) is 9.86. The molecule has 3 N–H and O–H groups in total. The highest BCUT2D eigenvalue weighted by atomic mass is 79.9. The molecule has 5 rings (SSSR count). The van der Waals surface area contributed by atoms with Gasteiger partial charge in [0.2, 0.25) is 5.91 Å². The first-order valence-corrected chi connectivity index (χ1v) is 15.9. The monoisotopic (exact) mass is 699 g/mol. The van der Waals surface area contributed by atoms with Crippen molar-refractivity contribution < 1.29 is 18.8 Å². The molecule has 226 valence electrons. The molecule has 0 aliphatic heterocycles. The van der Waals surface area contributed by atoms with Gasteiger partial charge in [0.05, 0.1) is 5.75 Å². The minimum Gasteiger partial charge on any atom is -0.457 e. The standard InChI is InChI=1S/C35H27BrClN3O4S/c1-22-7-12-26(37)19-30(22)39-33(41)21-45-29-16-13-27(14-17-29)38-35(43)31(40-34(42)24-5-3-2-4-6-24)20-28-15-18-32(44-28)23-8-10-25(36)11-9-23/h2-20H,21H2,1H3,(H,38,43)(H,39,41)(H,40,42). The summed E-state index contributed by atoms with van der Waals surface area (Å²) in [6, 6.07) is 32.2. The molecule has 0 bridgehead atoms. The largest absolute Gasteiger partial charge is 0.457 e. The van der Waals surface area contributed by atoms with Crippen LogP contribution >= 0.6 is 39.3 Å². The third-order valence-electron chi connectivity index (χ3n) is 6.53. The Labute approximate surface area is 278 Å². The molecule has 45 heavy (non-hydrogen) atoms. The van der Waals surface area contributed by atoms with Crippen LogP contribution in [0.25, 0.3) is 17.4 Å². The summed E-state index contributed by atoms with van der Waals surface area (Å²) in [7, 11) is 0. The highest BCUT2D eigenvalue weighted by molar-refractivity contribution is 9.10. The fourth-order valence-corrected chi connectivity index (χ4v) is 5.32. The van der Waals surface area contributed by atoms with E-state index in [4.69, 9.17) is 16.0 Å². The number of carbonyl (C=O) groups excluding carboxylic acids is 3. The number of nitrogens with one attached hydrogen (secondary N) is 3. The summed E-state index contributed by atoms with van der Waals surface area (Å²) in [6.45, 7) is 1.90. The molecule has 0 spiro atoms. The van der Waals surface area contributed by atoms with Gasteiger partial charge < -0.3 is 20.4 Å². The minimum absolute atomic E-state index is 0.00647. The van der Waals surface area contributed by atoms with Crippen molar-refractivity contribution in [3.8, 4) is 11.3 Å². The zero-order valence-electron chi connectivity index (χ0n) is 24.0. The van der Waals surface area contributed by atoms with Gasteiger partial charge in [0.1, 0.15) is 17.2 Å². The Bertz CT molecular complexity index is 1860. The molecular weight excluding hydrogens is 674 g/mol. The zero-order valence-corrected chi connectivity index (χ0v) is 27.1. The summed E-state index contributed by atoms with van der Waals surface area (Å²) in [5.41, 5.74) is 3.39. The quantitative estimate of drug-likeness (QED) is 0.0999. The van der Waals surface area contributed by atoms with Gasteiger partial charge in [-0.1, -0.05) is 63.9 Å². The van der Waals surface area contributed by atoms with E-state index in [1.807, 2.05) is 37.3 Å². The molecule has 0 unspecified atom stereocenters. The van der Waals surface area contributed by atoms with Gasteiger partial charge in [0.15, 0.2) is 0 Å². The Kier molecular flexibility index (Phi) is 10.6. The number of anilines is 2. The fourth-order valence-electron chi connectivity index (χ4n) is 4.18. The first kappa shape index (κ1) is 31.8. The number of furan rings is 1. The van der Waals surface area contributed by atoms with Crippen LogP contribution in [0, 0.1) is 6.92 Å². The molecule has 3 amide bonds. The van der Waals surface area contributed by atoms with Crippen LogP contribution in [0.2, 0.25) is 5.02 Å². The van der Waals surface area contributed by atoms with Gasteiger partial charge in [-0.15, -0.1) is 11.8 Å². The van der Waals surface area contributed by atoms with Gasteiger partial charge in [0.25, 0.3) is 11.8 Å². The molecule has 0 aliphatic rings. The average Bonchev–Trinajstić information content (AvgIpc) is 3.51. The summed E-state index contributed by atoms with van der Waals surface area (Å²) in [5.74, 6) is 0.0819. The molecule has 10 heteroatoms. The number of hydrogen-bond donors (Lipinski definition) is 3. The summed E-state index contributed by atoms with van der Waals surface area (Å²) >= 11 is 10.8. The number of aryl methyl sites for hydroxylation is 1. The third kappa shape index (κ3) is 8.98. The van der Waals surface area contributed by atoms with Crippen LogP contribution in [-0.2, 0) is 9.59 Å². The molecule has 1 heterocycles. The maximum Gasteiger partial charge on any atom is 0.272 e. The molecule has 0 saturated heterocycles. The first-order valence-electron chi connectivity index (χ1n) is 13.8. The Hall–Kier alpha value is -4.57.